The minimum Gasteiger partial charge on any atom is -0.373 e. The summed E-state index contributed by atoms with van der Waals surface area (Å²) in [5.74, 6) is 1.62. The molecule has 1 N–H and O–H groups in total. The molecule has 2 aromatic heterocycles. The van der Waals surface area contributed by atoms with Crippen LogP contribution in [0.3, 0.4) is 0 Å². The van der Waals surface area contributed by atoms with Gasteiger partial charge >= 0.3 is 0 Å². The normalized spacial score (nSPS) is 10.8. The smallest absolute Gasteiger partial charge is 0.191 e. The van der Waals surface area contributed by atoms with Crippen LogP contribution in [0.4, 0.5) is 5.82 Å². The lowest BCUT2D eigenvalue weighted by molar-refractivity contribution is 0.904. The number of thioether (sulfide) groups is 1. The van der Waals surface area contributed by atoms with Crippen LogP contribution in [0.15, 0.2) is 41.8 Å². The van der Waals surface area contributed by atoms with E-state index in [1.807, 2.05) is 48.2 Å². The molecule has 0 atom stereocenters. The SMILES string of the molecule is CNc1cc(-n2cnc3ccccc32)nc(SC)n1. The van der Waals surface area contributed by atoms with E-state index in [-0.39, 0.29) is 0 Å². The molecule has 0 unspecified atom stereocenters. The van der Waals surface area contributed by atoms with Gasteiger partial charge in [-0.15, -0.1) is 0 Å². The Labute approximate surface area is 115 Å². The Bertz CT molecular complexity index is 700. The second-order valence-electron chi connectivity index (χ2n) is 3.95. The van der Waals surface area contributed by atoms with E-state index in [2.05, 4.69) is 20.3 Å². The molecule has 0 radical (unpaired) electrons. The number of hydrogen-bond donors (Lipinski definition) is 1. The van der Waals surface area contributed by atoms with E-state index >= 15 is 0 Å². The number of benzene rings is 1. The van der Waals surface area contributed by atoms with Gasteiger partial charge in [0.2, 0.25) is 0 Å². The van der Waals surface area contributed by atoms with Crippen LogP contribution in [0.1, 0.15) is 0 Å². The highest BCUT2D eigenvalue weighted by Gasteiger charge is 2.08. The van der Waals surface area contributed by atoms with Crippen LogP contribution < -0.4 is 5.32 Å². The third-order valence-corrected chi connectivity index (χ3v) is 3.38. The third kappa shape index (κ3) is 2.15. The molecule has 0 aliphatic rings. The van der Waals surface area contributed by atoms with E-state index in [0.29, 0.717) is 0 Å². The largest absolute Gasteiger partial charge is 0.373 e. The van der Waals surface area contributed by atoms with Crippen LogP contribution in [0, 0.1) is 0 Å². The van der Waals surface area contributed by atoms with Crippen molar-refractivity contribution in [2.45, 2.75) is 5.16 Å². The number of imidazole rings is 1. The highest BCUT2D eigenvalue weighted by Crippen LogP contribution is 2.20. The molecule has 3 rings (SSSR count). The maximum atomic E-state index is 4.53. The number of fused-ring (bicyclic) bond motifs is 1. The van der Waals surface area contributed by atoms with Gasteiger partial charge in [-0.3, -0.25) is 4.57 Å². The molecule has 0 amide bonds. The van der Waals surface area contributed by atoms with E-state index in [1.165, 1.54) is 11.8 Å². The molecule has 0 spiro atoms. The average Bonchev–Trinajstić information content (AvgIpc) is 2.90. The molecular weight excluding hydrogens is 258 g/mol. The summed E-state index contributed by atoms with van der Waals surface area (Å²) in [5, 5.41) is 3.79. The van der Waals surface area contributed by atoms with Crippen LogP contribution in [-0.4, -0.2) is 32.8 Å². The monoisotopic (exact) mass is 271 g/mol. The van der Waals surface area contributed by atoms with Crippen molar-refractivity contribution in [1.82, 2.24) is 19.5 Å². The topological polar surface area (TPSA) is 55.6 Å². The van der Waals surface area contributed by atoms with E-state index in [9.17, 15) is 0 Å². The van der Waals surface area contributed by atoms with Crippen molar-refractivity contribution in [3.63, 3.8) is 0 Å². The minimum absolute atomic E-state index is 0.736. The number of nitrogens with one attached hydrogen (secondary N) is 1. The number of rotatable bonds is 3. The zero-order valence-electron chi connectivity index (χ0n) is 10.7. The summed E-state index contributed by atoms with van der Waals surface area (Å²) in [6.45, 7) is 0. The molecule has 19 heavy (non-hydrogen) atoms. The maximum Gasteiger partial charge on any atom is 0.191 e. The fraction of sp³-hybridized carbons (Fsp3) is 0.154. The highest BCUT2D eigenvalue weighted by molar-refractivity contribution is 7.98. The van der Waals surface area contributed by atoms with Crippen LogP contribution in [0.25, 0.3) is 16.9 Å². The Hall–Kier alpha value is -2.08. The standard InChI is InChI=1S/C13H13N5S/c1-14-11-7-12(17-13(16-11)19-2)18-8-15-9-5-3-4-6-10(9)18/h3-8H,1-2H3,(H,14,16,17). The zero-order chi connectivity index (χ0) is 13.2. The molecule has 0 saturated carbocycles. The van der Waals surface area contributed by atoms with Gasteiger partial charge in [-0.2, -0.15) is 0 Å². The molecule has 0 aliphatic carbocycles. The van der Waals surface area contributed by atoms with Gasteiger partial charge in [0.05, 0.1) is 11.0 Å². The van der Waals surface area contributed by atoms with Gasteiger partial charge in [-0.1, -0.05) is 23.9 Å². The van der Waals surface area contributed by atoms with Crippen LogP contribution in [0.5, 0.6) is 0 Å². The third-order valence-electron chi connectivity index (χ3n) is 2.83. The first kappa shape index (κ1) is 12.0. The predicted molar refractivity (Wildman–Crippen MR) is 78.0 cm³/mol. The molecule has 5 nitrogen and oxygen atoms in total. The first-order valence-corrected chi connectivity index (χ1v) is 7.07. The molecule has 0 bridgehead atoms. The van der Waals surface area contributed by atoms with Gasteiger partial charge in [0.1, 0.15) is 18.0 Å². The van der Waals surface area contributed by atoms with E-state index in [0.717, 1.165) is 27.8 Å². The molecule has 96 valence electrons. The lowest BCUT2D eigenvalue weighted by atomic mass is 10.3. The van der Waals surface area contributed by atoms with Crippen LogP contribution in [-0.2, 0) is 0 Å². The molecule has 6 heteroatoms. The molecule has 0 saturated heterocycles. The molecule has 0 aliphatic heterocycles. The van der Waals surface area contributed by atoms with Crippen molar-refractivity contribution < 1.29 is 0 Å². The Balaban J connectivity index is 2.20. The fourth-order valence-corrected chi connectivity index (χ4v) is 2.27. The lowest BCUT2D eigenvalue weighted by Gasteiger charge is -2.07. The zero-order valence-corrected chi connectivity index (χ0v) is 11.5. The van der Waals surface area contributed by atoms with Gasteiger partial charge in [0, 0.05) is 13.1 Å². The number of nitrogens with zero attached hydrogens (tertiary/aromatic N) is 4. The van der Waals surface area contributed by atoms with Crippen molar-refractivity contribution in [3.8, 4) is 5.82 Å². The first-order valence-electron chi connectivity index (χ1n) is 5.85. The number of para-hydroxylation sites is 2. The van der Waals surface area contributed by atoms with Crippen LogP contribution in [0.2, 0.25) is 0 Å². The summed E-state index contributed by atoms with van der Waals surface area (Å²) < 4.78 is 1.97. The predicted octanol–water partition coefficient (Wildman–Crippen LogP) is 2.58. The molecular formula is C13H13N5S. The molecule has 1 aromatic carbocycles. The Morgan fingerprint density at radius 3 is 2.84 bits per heavy atom. The summed E-state index contributed by atoms with van der Waals surface area (Å²) >= 11 is 1.52. The van der Waals surface area contributed by atoms with Crippen molar-refractivity contribution in [1.29, 1.82) is 0 Å². The lowest BCUT2D eigenvalue weighted by Crippen LogP contribution is -2.02. The first-order chi connectivity index (χ1) is 9.31. The maximum absolute atomic E-state index is 4.53. The molecule has 2 heterocycles. The average molecular weight is 271 g/mol. The van der Waals surface area contributed by atoms with E-state index in [1.54, 1.807) is 6.33 Å². The van der Waals surface area contributed by atoms with Crippen molar-refractivity contribution in [2.24, 2.45) is 0 Å². The van der Waals surface area contributed by atoms with Crippen molar-refractivity contribution >= 4 is 28.6 Å². The van der Waals surface area contributed by atoms with Gasteiger partial charge in [-0.25, -0.2) is 15.0 Å². The van der Waals surface area contributed by atoms with Crippen LogP contribution >= 0.6 is 11.8 Å². The number of hydrogen-bond acceptors (Lipinski definition) is 5. The second-order valence-corrected chi connectivity index (χ2v) is 4.72. The summed E-state index contributed by atoms with van der Waals surface area (Å²) in [7, 11) is 1.85. The molecule has 0 fully saturated rings. The number of anilines is 1. The van der Waals surface area contributed by atoms with Gasteiger partial charge in [0.15, 0.2) is 5.16 Å². The Kier molecular flexibility index (Phi) is 3.08. The summed E-state index contributed by atoms with van der Waals surface area (Å²) in [5.41, 5.74) is 1.99. The van der Waals surface area contributed by atoms with Gasteiger partial charge < -0.3 is 5.32 Å². The summed E-state index contributed by atoms with van der Waals surface area (Å²) in [6.07, 6.45) is 3.75. The quantitative estimate of drug-likeness (QED) is 0.586. The summed E-state index contributed by atoms with van der Waals surface area (Å²) in [6, 6.07) is 9.90. The second kappa shape index (κ2) is 4.89. The van der Waals surface area contributed by atoms with Crippen molar-refractivity contribution in [2.75, 3.05) is 18.6 Å². The fourth-order valence-electron chi connectivity index (χ4n) is 1.90. The van der Waals surface area contributed by atoms with Crippen molar-refractivity contribution in [3.05, 3.63) is 36.7 Å². The number of aromatic nitrogens is 4. The Morgan fingerprint density at radius 2 is 2.05 bits per heavy atom. The molecule has 3 aromatic rings. The highest BCUT2D eigenvalue weighted by atomic mass is 32.2. The van der Waals surface area contributed by atoms with Gasteiger partial charge in [-0.05, 0) is 18.4 Å². The van der Waals surface area contributed by atoms with E-state index in [4.69, 9.17) is 0 Å². The minimum atomic E-state index is 0.736. The van der Waals surface area contributed by atoms with Gasteiger partial charge in [0.25, 0.3) is 0 Å². The van der Waals surface area contributed by atoms with E-state index < -0.39 is 0 Å². The Morgan fingerprint density at radius 1 is 1.21 bits per heavy atom. The summed E-state index contributed by atoms with van der Waals surface area (Å²) in [4.78, 5) is 13.3.